The first-order chi connectivity index (χ1) is 12.6. The van der Waals surface area contributed by atoms with Gasteiger partial charge in [0.15, 0.2) is 5.78 Å². The molecule has 0 saturated heterocycles. The van der Waals surface area contributed by atoms with Crippen LogP contribution < -0.4 is 4.74 Å². The van der Waals surface area contributed by atoms with Crippen LogP contribution in [0.4, 0.5) is 0 Å². The number of alkyl halides is 1. The highest BCUT2D eigenvalue weighted by atomic mass is 79.9. The number of Topliss-reactive ketones (excluding diaryl/α,β-unsaturated/α-hetero) is 1. The van der Waals surface area contributed by atoms with Crippen molar-refractivity contribution in [2.45, 2.75) is 95.7 Å². The number of ether oxygens (including phenoxy) is 1. The molecule has 0 heterocycles. The highest BCUT2D eigenvalue weighted by Crippen LogP contribution is 2.16. The van der Waals surface area contributed by atoms with Crippen molar-refractivity contribution in [2.75, 3.05) is 6.61 Å². The number of benzene rings is 1. The van der Waals surface area contributed by atoms with E-state index in [0.717, 1.165) is 24.3 Å². The quantitative estimate of drug-likeness (QED) is 0.154. The Hall–Kier alpha value is -0.830. The number of unbranched alkanes of at least 4 members (excludes halogenated alkanes) is 11. The zero-order valence-corrected chi connectivity index (χ0v) is 18.4. The highest BCUT2D eigenvalue weighted by Gasteiger charge is 2.11. The summed E-state index contributed by atoms with van der Waals surface area (Å²) < 4.78 is 5.77. The minimum atomic E-state index is -0.143. The lowest BCUT2D eigenvalue weighted by atomic mass is 10.1. The minimum absolute atomic E-state index is 0.109. The van der Waals surface area contributed by atoms with E-state index in [1.807, 2.05) is 31.2 Å². The molecule has 0 aliphatic carbocycles. The van der Waals surface area contributed by atoms with Gasteiger partial charge >= 0.3 is 0 Å². The van der Waals surface area contributed by atoms with E-state index < -0.39 is 0 Å². The van der Waals surface area contributed by atoms with Crippen LogP contribution in [0.5, 0.6) is 5.75 Å². The van der Waals surface area contributed by atoms with Crippen LogP contribution in [0, 0.1) is 0 Å². The Kier molecular flexibility index (Phi) is 13.6. The fourth-order valence-electron chi connectivity index (χ4n) is 3.08. The molecule has 2 nitrogen and oxygen atoms in total. The average Bonchev–Trinajstić information content (AvgIpc) is 2.65. The smallest absolute Gasteiger partial charge is 0.176 e. The zero-order valence-electron chi connectivity index (χ0n) is 16.8. The largest absolute Gasteiger partial charge is 0.494 e. The number of ketones is 1. The first kappa shape index (κ1) is 23.2. The summed E-state index contributed by atoms with van der Waals surface area (Å²) in [5, 5.41) is 0. The Morgan fingerprint density at radius 1 is 0.846 bits per heavy atom. The van der Waals surface area contributed by atoms with Gasteiger partial charge in [-0.1, -0.05) is 93.5 Å². The lowest BCUT2D eigenvalue weighted by molar-refractivity contribution is 0.0996. The third kappa shape index (κ3) is 11.0. The summed E-state index contributed by atoms with van der Waals surface area (Å²) in [6.07, 6.45) is 16.2. The van der Waals surface area contributed by atoms with Crippen molar-refractivity contribution in [2.24, 2.45) is 0 Å². The van der Waals surface area contributed by atoms with Crippen LogP contribution in [-0.2, 0) is 0 Å². The Balaban J connectivity index is 1.95. The topological polar surface area (TPSA) is 26.3 Å². The van der Waals surface area contributed by atoms with Crippen LogP contribution in [0.2, 0.25) is 0 Å². The molecule has 0 amide bonds. The van der Waals surface area contributed by atoms with Gasteiger partial charge in [-0.25, -0.2) is 0 Å². The molecule has 26 heavy (non-hydrogen) atoms. The van der Waals surface area contributed by atoms with Gasteiger partial charge in [-0.2, -0.15) is 0 Å². The molecule has 1 aromatic rings. The fourth-order valence-corrected chi connectivity index (χ4v) is 3.34. The van der Waals surface area contributed by atoms with E-state index in [1.165, 1.54) is 70.6 Å². The molecule has 0 saturated carbocycles. The van der Waals surface area contributed by atoms with Gasteiger partial charge in [-0.3, -0.25) is 4.79 Å². The van der Waals surface area contributed by atoms with E-state index in [-0.39, 0.29) is 10.6 Å². The third-order valence-corrected chi connectivity index (χ3v) is 5.18. The summed E-state index contributed by atoms with van der Waals surface area (Å²) in [7, 11) is 0. The maximum absolute atomic E-state index is 11.9. The molecule has 0 radical (unpaired) electrons. The lowest BCUT2D eigenvalue weighted by Gasteiger charge is -2.08. The summed E-state index contributed by atoms with van der Waals surface area (Å²) >= 11 is 3.31. The van der Waals surface area contributed by atoms with E-state index >= 15 is 0 Å². The summed E-state index contributed by atoms with van der Waals surface area (Å²) in [6, 6.07) is 7.47. The van der Waals surface area contributed by atoms with Crippen molar-refractivity contribution in [1.29, 1.82) is 0 Å². The number of hydrogen-bond acceptors (Lipinski definition) is 2. The molecule has 0 bridgehead atoms. The molecule has 0 fully saturated rings. The van der Waals surface area contributed by atoms with Gasteiger partial charge in [0.2, 0.25) is 0 Å². The number of halogens is 1. The molecule has 1 atom stereocenters. The van der Waals surface area contributed by atoms with Crippen LogP contribution in [-0.4, -0.2) is 17.2 Å². The van der Waals surface area contributed by atoms with Gasteiger partial charge in [-0.15, -0.1) is 0 Å². The maximum atomic E-state index is 11.9. The van der Waals surface area contributed by atoms with Crippen LogP contribution in [0.15, 0.2) is 24.3 Å². The fraction of sp³-hybridized carbons (Fsp3) is 0.696. The summed E-state index contributed by atoms with van der Waals surface area (Å²) in [6.45, 7) is 4.88. The SMILES string of the molecule is CCCCCCCCCCCCCCOc1ccc(C(=O)C(C)Br)cc1. The highest BCUT2D eigenvalue weighted by molar-refractivity contribution is 9.10. The second-order valence-electron chi connectivity index (χ2n) is 7.24. The first-order valence-corrected chi connectivity index (χ1v) is 11.5. The first-order valence-electron chi connectivity index (χ1n) is 10.6. The van der Waals surface area contributed by atoms with Crippen molar-refractivity contribution in [3.8, 4) is 5.75 Å². The molecular weight excluding hydrogens is 388 g/mol. The number of rotatable bonds is 16. The number of carbonyl (C=O) groups is 1. The van der Waals surface area contributed by atoms with E-state index in [2.05, 4.69) is 22.9 Å². The van der Waals surface area contributed by atoms with E-state index in [1.54, 1.807) is 0 Å². The third-order valence-electron chi connectivity index (χ3n) is 4.77. The van der Waals surface area contributed by atoms with Crippen LogP contribution in [0.3, 0.4) is 0 Å². The monoisotopic (exact) mass is 424 g/mol. The predicted octanol–water partition coefficient (Wildman–Crippen LogP) is 7.73. The predicted molar refractivity (Wildman–Crippen MR) is 116 cm³/mol. The molecule has 3 heteroatoms. The van der Waals surface area contributed by atoms with Crippen molar-refractivity contribution in [3.63, 3.8) is 0 Å². The molecule has 148 valence electrons. The Morgan fingerprint density at radius 2 is 1.31 bits per heavy atom. The molecule has 0 aliphatic heterocycles. The van der Waals surface area contributed by atoms with Gasteiger partial charge < -0.3 is 4.74 Å². The molecule has 0 aliphatic rings. The van der Waals surface area contributed by atoms with Gasteiger partial charge in [-0.05, 0) is 37.6 Å². The number of carbonyl (C=O) groups excluding carboxylic acids is 1. The van der Waals surface area contributed by atoms with Crippen molar-refractivity contribution in [3.05, 3.63) is 29.8 Å². The molecule has 0 aromatic heterocycles. The molecule has 0 N–H and O–H groups in total. The van der Waals surface area contributed by atoms with Crippen molar-refractivity contribution in [1.82, 2.24) is 0 Å². The molecule has 1 unspecified atom stereocenters. The molecule has 1 rings (SSSR count). The minimum Gasteiger partial charge on any atom is -0.494 e. The number of hydrogen-bond donors (Lipinski definition) is 0. The summed E-state index contributed by atoms with van der Waals surface area (Å²) in [4.78, 5) is 11.7. The molecule has 0 spiro atoms. The Bertz CT molecular complexity index is 468. The standard InChI is InChI=1S/C23H37BrO2/c1-3-4-5-6-7-8-9-10-11-12-13-14-19-26-22-17-15-21(16-18-22)23(25)20(2)24/h15-18,20H,3-14,19H2,1-2H3. The zero-order chi connectivity index (χ0) is 19.0. The van der Waals surface area contributed by atoms with Gasteiger partial charge in [0.05, 0.1) is 11.4 Å². The van der Waals surface area contributed by atoms with Crippen molar-refractivity contribution < 1.29 is 9.53 Å². The van der Waals surface area contributed by atoms with Crippen LogP contribution in [0.1, 0.15) is 101 Å². The second kappa shape index (κ2) is 15.2. The lowest BCUT2D eigenvalue weighted by Crippen LogP contribution is -2.09. The summed E-state index contributed by atoms with van der Waals surface area (Å²) in [5.74, 6) is 0.962. The van der Waals surface area contributed by atoms with E-state index in [4.69, 9.17) is 4.74 Å². The Morgan fingerprint density at radius 3 is 1.77 bits per heavy atom. The van der Waals surface area contributed by atoms with Gasteiger partial charge in [0.25, 0.3) is 0 Å². The van der Waals surface area contributed by atoms with E-state index in [0.29, 0.717) is 0 Å². The second-order valence-corrected chi connectivity index (χ2v) is 8.62. The average molecular weight is 425 g/mol. The van der Waals surface area contributed by atoms with Crippen molar-refractivity contribution >= 4 is 21.7 Å². The molecule has 1 aromatic carbocycles. The van der Waals surface area contributed by atoms with Gasteiger partial charge in [0, 0.05) is 5.56 Å². The van der Waals surface area contributed by atoms with E-state index in [9.17, 15) is 4.79 Å². The van der Waals surface area contributed by atoms with Gasteiger partial charge in [0.1, 0.15) is 5.75 Å². The van der Waals surface area contributed by atoms with Crippen LogP contribution >= 0.6 is 15.9 Å². The summed E-state index contributed by atoms with van der Waals surface area (Å²) in [5.41, 5.74) is 0.729. The molecular formula is C23H37BrO2. The Labute approximate surface area is 169 Å². The van der Waals surface area contributed by atoms with Crippen LogP contribution in [0.25, 0.3) is 0 Å². The normalized spacial score (nSPS) is 12.1. The maximum Gasteiger partial charge on any atom is 0.176 e.